The van der Waals surface area contributed by atoms with Crippen molar-refractivity contribution in [3.8, 4) is 0 Å². The van der Waals surface area contributed by atoms with E-state index in [2.05, 4.69) is 22.3 Å². The number of hydrogen-bond donors (Lipinski definition) is 1. The number of carbonyl (C=O) groups excluding carboxylic acids is 1. The third-order valence-electron chi connectivity index (χ3n) is 3.95. The van der Waals surface area contributed by atoms with E-state index >= 15 is 0 Å². The summed E-state index contributed by atoms with van der Waals surface area (Å²) in [6.45, 7) is 0. The quantitative estimate of drug-likeness (QED) is 0.322. The lowest BCUT2D eigenvalue weighted by Crippen LogP contribution is -2.16. The third-order valence-corrected chi connectivity index (χ3v) is 3.95. The summed E-state index contributed by atoms with van der Waals surface area (Å²) in [7, 11) is 0. The molecule has 0 amide bonds. The Kier molecular flexibility index (Phi) is 5.72. The van der Waals surface area contributed by atoms with E-state index in [9.17, 15) is 4.79 Å². The second-order valence-electron chi connectivity index (χ2n) is 5.74. The lowest BCUT2D eigenvalue weighted by Gasteiger charge is -2.07. The average molecular weight is 345 g/mol. The number of nitrogens with zero attached hydrogens (tertiary/aromatic N) is 2. The molecule has 0 fully saturated rings. The molecule has 0 radical (unpaired) electrons. The number of carbonyl (C=O) groups is 1. The van der Waals surface area contributed by atoms with Gasteiger partial charge in [-0.1, -0.05) is 53.7 Å². The predicted molar refractivity (Wildman–Crippen MR) is 101 cm³/mol. The van der Waals surface area contributed by atoms with Crippen LogP contribution in [0.25, 0.3) is 0 Å². The van der Waals surface area contributed by atoms with Gasteiger partial charge in [0, 0.05) is 18.0 Å². The Morgan fingerprint density at radius 2 is 1.73 bits per heavy atom. The van der Waals surface area contributed by atoms with Crippen LogP contribution in [-0.2, 0) is 17.7 Å². The summed E-state index contributed by atoms with van der Waals surface area (Å²) in [5.74, 6) is -0.422. The first-order chi connectivity index (χ1) is 12.7. The SMILES string of the molecule is N/C(=N/OC(=O)c1ccccc1CCc1ccccc1)c1cccnc1. The van der Waals surface area contributed by atoms with Crippen molar-refractivity contribution in [2.24, 2.45) is 10.9 Å². The zero-order chi connectivity index (χ0) is 18.2. The van der Waals surface area contributed by atoms with E-state index in [-0.39, 0.29) is 5.84 Å². The molecule has 0 saturated heterocycles. The van der Waals surface area contributed by atoms with Crippen LogP contribution in [0.15, 0.2) is 84.3 Å². The molecule has 0 spiro atoms. The fraction of sp³-hybridized carbons (Fsp3) is 0.0952. The molecular formula is C21H19N3O2. The second kappa shape index (κ2) is 8.58. The summed E-state index contributed by atoms with van der Waals surface area (Å²) in [6, 6.07) is 21.0. The van der Waals surface area contributed by atoms with E-state index < -0.39 is 5.97 Å². The number of oxime groups is 1. The van der Waals surface area contributed by atoms with Crippen LogP contribution in [0.4, 0.5) is 0 Å². The van der Waals surface area contributed by atoms with Crippen LogP contribution in [0, 0.1) is 0 Å². The number of hydrogen-bond acceptors (Lipinski definition) is 4. The number of aryl methyl sites for hydroxylation is 2. The topological polar surface area (TPSA) is 77.6 Å². The first-order valence-corrected chi connectivity index (χ1v) is 8.31. The van der Waals surface area contributed by atoms with Crippen LogP contribution in [0.2, 0.25) is 0 Å². The molecule has 0 aliphatic rings. The summed E-state index contributed by atoms with van der Waals surface area (Å²) < 4.78 is 0. The van der Waals surface area contributed by atoms with Gasteiger partial charge in [-0.2, -0.15) is 0 Å². The molecule has 3 aromatic rings. The van der Waals surface area contributed by atoms with Crippen molar-refractivity contribution in [3.63, 3.8) is 0 Å². The lowest BCUT2D eigenvalue weighted by molar-refractivity contribution is 0.0514. The molecular weight excluding hydrogens is 326 g/mol. The van der Waals surface area contributed by atoms with Crippen LogP contribution in [0.3, 0.4) is 0 Å². The van der Waals surface area contributed by atoms with Crippen molar-refractivity contribution < 1.29 is 9.63 Å². The van der Waals surface area contributed by atoms with Gasteiger partial charge in [-0.25, -0.2) is 4.79 Å². The maximum atomic E-state index is 12.4. The molecule has 0 aliphatic heterocycles. The highest BCUT2D eigenvalue weighted by Gasteiger charge is 2.13. The largest absolute Gasteiger partial charge is 0.380 e. The van der Waals surface area contributed by atoms with E-state index in [1.54, 1.807) is 36.7 Å². The van der Waals surface area contributed by atoms with Crippen molar-refractivity contribution in [2.75, 3.05) is 0 Å². The molecule has 5 nitrogen and oxygen atoms in total. The number of rotatable bonds is 6. The van der Waals surface area contributed by atoms with Crippen molar-refractivity contribution in [2.45, 2.75) is 12.8 Å². The standard InChI is InChI=1S/C21H19N3O2/c22-20(18-10-6-14-23-15-18)24-26-21(25)19-11-5-4-9-17(19)13-12-16-7-2-1-3-8-16/h1-11,14-15H,12-13H2,(H2,22,24). The Balaban J connectivity index is 1.69. The van der Waals surface area contributed by atoms with Gasteiger partial charge in [-0.05, 0) is 42.2 Å². The molecule has 0 saturated carbocycles. The molecule has 0 bridgehead atoms. The Labute approximate surface area is 152 Å². The minimum Gasteiger partial charge on any atom is -0.380 e. The highest BCUT2D eigenvalue weighted by molar-refractivity contribution is 5.98. The molecule has 0 unspecified atom stereocenters. The van der Waals surface area contributed by atoms with Crippen LogP contribution < -0.4 is 5.73 Å². The van der Waals surface area contributed by atoms with Crippen LogP contribution in [0.5, 0.6) is 0 Å². The Morgan fingerprint density at radius 3 is 2.50 bits per heavy atom. The molecule has 3 rings (SSSR count). The Morgan fingerprint density at radius 1 is 0.962 bits per heavy atom. The van der Waals surface area contributed by atoms with E-state index in [0.717, 1.165) is 18.4 Å². The molecule has 0 atom stereocenters. The van der Waals surface area contributed by atoms with Gasteiger partial charge >= 0.3 is 5.97 Å². The van der Waals surface area contributed by atoms with Crippen molar-refractivity contribution in [3.05, 3.63) is 101 Å². The van der Waals surface area contributed by atoms with Gasteiger partial charge in [0.05, 0.1) is 5.56 Å². The molecule has 1 aromatic heterocycles. The molecule has 5 heteroatoms. The second-order valence-corrected chi connectivity index (χ2v) is 5.74. The number of amidine groups is 1. The summed E-state index contributed by atoms with van der Waals surface area (Å²) >= 11 is 0. The van der Waals surface area contributed by atoms with Crippen molar-refractivity contribution in [1.82, 2.24) is 4.98 Å². The van der Waals surface area contributed by atoms with Crippen LogP contribution in [-0.4, -0.2) is 16.8 Å². The van der Waals surface area contributed by atoms with Gasteiger partial charge in [0.1, 0.15) is 0 Å². The number of benzene rings is 2. The van der Waals surface area contributed by atoms with Crippen LogP contribution in [0.1, 0.15) is 27.0 Å². The monoisotopic (exact) mass is 345 g/mol. The van der Waals surface area contributed by atoms with Crippen LogP contribution >= 0.6 is 0 Å². The minimum absolute atomic E-state index is 0.105. The highest BCUT2D eigenvalue weighted by Crippen LogP contribution is 2.14. The normalized spacial score (nSPS) is 11.2. The summed E-state index contributed by atoms with van der Waals surface area (Å²) in [4.78, 5) is 21.4. The van der Waals surface area contributed by atoms with Gasteiger partial charge in [0.25, 0.3) is 0 Å². The average Bonchev–Trinajstić information content (AvgIpc) is 2.72. The molecule has 0 aliphatic carbocycles. The van der Waals surface area contributed by atoms with Gasteiger partial charge in [-0.15, -0.1) is 0 Å². The van der Waals surface area contributed by atoms with E-state index in [1.165, 1.54) is 5.56 Å². The maximum absolute atomic E-state index is 12.4. The van der Waals surface area contributed by atoms with Crippen molar-refractivity contribution in [1.29, 1.82) is 0 Å². The van der Waals surface area contributed by atoms with Gasteiger partial charge < -0.3 is 10.6 Å². The van der Waals surface area contributed by atoms with E-state index in [4.69, 9.17) is 10.6 Å². The molecule has 130 valence electrons. The highest BCUT2D eigenvalue weighted by atomic mass is 16.7. The Bertz CT molecular complexity index is 893. The first-order valence-electron chi connectivity index (χ1n) is 8.31. The number of aromatic nitrogens is 1. The lowest BCUT2D eigenvalue weighted by atomic mass is 10.00. The summed E-state index contributed by atoms with van der Waals surface area (Å²) in [5.41, 5.74) is 9.04. The zero-order valence-corrected chi connectivity index (χ0v) is 14.2. The van der Waals surface area contributed by atoms with Gasteiger partial charge in [0.15, 0.2) is 5.84 Å². The van der Waals surface area contributed by atoms with Gasteiger partial charge in [-0.3, -0.25) is 4.98 Å². The summed E-state index contributed by atoms with van der Waals surface area (Å²) in [6.07, 6.45) is 4.76. The third kappa shape index (κ3) is 4.54. The summed E-state index contributed by atoms with van der Waals surface area (Å²) in [5, 5.41) is 3.73. The maximum Gasteiger partial charge on any atom is 0.366 e. The molecule has 1 heterocycles. The first kappa shape index (κ1) is 17.4. The van der Waals surface area contributed by atoms with E-state index in [1.807, 2.05) is 30.3 Å². The molecule has 26 heavy (non-hydrogen) atoms. The predicted octanol–water partition coefficient (Wildman–Crippen LogP) is 3.34. The number of nitrogens with two attached hydrogens (primary N) is 1. The molecule has 2 N–H and O–H groups in total. The molecule has 2 aromatic carbocycles. The van der Waals surface area contributed by atoms with Gasteiger partial charge in [0.2, 0.25) is 0 Å². The zero-order valence-electron chi connectivity index (χ0n) is 14.2. The fourth-order valence-corrected chi connectivity index (χ4v) is 2.57. The van der Waals surface area contributed by atoms with E-state index in [0.29, 0.717) is 11.1 Å². The smallest absolute Gasteiger partial charge is 0.366 e. The minimum atomic E-state index is -0.527. The van der Waals surface area contributed by atoms with Crippen molar-refractivity contribution >= 4 is 11.8 Å². The Hall–Kier alpha value is -3.47. The fourth-order valence-electron chi connectivity index (χ4n) is 2.57. The number of pyridine rings is 1.